The Morgan fingerprint density at radius 3 is 1.26 bits per heavy atom. The van der Waals surface area contributed by atoms with E-state index < -0.39 is 36.2 Å². The minimum Gasteiger partial charge on any atom is -0.396 e. The number of nitrogens with zero attached hydrogens (tertiary/aromatic N) is 2. The number of benzene rings is 2. The molecule has 1 N–H and O–H groups in total. The van der Waals surface area contributed by atoms with Crippen LogP contribution in [0.5, 0.6) is 0 Å². The van der Waals surface area contributed by atoms with Crippen molar-refractivity contribution in [3.63, 3.8) is 0 Å². The summed E-state index contributed by atoms with van der Waals surface area (Å²) in [7, 11) is -13.7. The van der Waals surface area contributed by atoms with Crippen LogP contribution in [-0.2, 0) is 36.7 Å². The van der Waals surface area contributed by atoms with Crippen LogP contribution in [0, 0.1) is 20.2 Å². The fourth-order valence-electron chi connectivity index (χ4n) is 2.18. The van der Waals surface area contributed by atoms with Gasteiger partial charge in [-0.1, -0.05) is 37.6 Å². The summed E-state index contributed by atoms with van der Waals surface area (Å²) in [6.45, 7) is 2.15. The fourth-order valence-corrected chi connectivity index (χ4v) is 3.74. The van der Waals surface area contributed by atoms with Crippen molar-refractivity contribution in [2.75, 3.05) is 6.61 Å². The number of aliphatic hydroxyl groups excluding tert-OH is 1. The van der Waals surface area contributed by atoms with Crippen LogP contribution in [-0.4, -0.2) is 49.4 Å². The van der Waals surface area contributed by atoms with Crippen LogP contribution in [0.4, 0.5) is 37.7 Å². The molecular formula is C19H20F6N2O10S2. The van der Waals surface area contributed by atoms with Crippen LogP contribution in [0.1, 0.15) is 24.5 Å². The fraction of sp³-hybridized carbons (Fsp3) is 0.368. The van der Waals surface area contributed by atoms with Gasteiger partial charge in [-0.05, 0) is 24.0 Å². The molecule has 0 saturated carbocycles. The zero-order valence-corrected chi connectivity index (χ0v) is 21.2. The van der Waals surface area contributed by atoms with Crippen LogP contribution < -0.4 is 0 Å². The molecule has 0 amide bonds. The summed E-state index contributed by atoms with van der Waals surface area (Å²) >= 11 is 0. The van der Waals surface area contributed by atoms with E-state index in [1.54, 1.807) is 24.3 Å². The summed E-state index contributed by atoms with van der Waals surface area (Å²) in [5.74, 6) is 0. The number of aliphatic hydroxyl groups is 1. The van der Waals surface area contributed by atoms with Gasteiger partial charge in [0, 0.05) is 30.9 Å². The van der Waals surface area contributed by atoms with Gasteiger partial charge in [0.05, 0.1) is 9.85 Å². The van der Waals surface area contributed by atoms with E-state index >= 15 is 0 Å². The third-order valence-electron chi connectivity index (χ3n) is 3.98. The van der Waals surface area contributed by atoms with Gasteiger partial charge in [-0.15, -0.1) is 3.63 Å². The standard InChI is InChI=1S/C9H11NO2.C8H9NO3.C2F6O5S2/c1-2-3-8-4-6-9(7-5-8)10(11)12;10-6-5-7-1-3-8(4-2-7)9(11)12;3-1(4,5)14(9,10)13-15(11,12)2(6,7)8/h4-7H,2-3H2,1H3;1-4,10H,5-6H2;. The Morgan fingerprint density at radius 1 is 0.718 bits per heavy atom. The SMILES string of the molecule is CCCc1ccc([N+](=O)[O-])cc1.O=S(=O)(OS(=O)(=O)C(F)(F)F)C(F)(F)F.O=[N+]([O-])c1ccc(CCO)cc1. The number of non-ortho nitro benzene ring substituents is 2. The van der Waals surface area contributed by atoms with Crippen molar-refractivity contribution in [2.24, 2.45) is 0 Å². The van der Waals surface area contributed by atoms with E-state index in [-0.39, 0.29) is 22.9 Å². The lowest BCUT2D eigenvalue weighted by atomic mass is 10.1. The molecule has 0 fully saturated rings. The lowest BCUT2D eigenvalue weighted by Crippen LogP contribution is -2.34. The van der Waals surface area contributed by atoms with Crippen molar-refractivity contribution in [3.05, 3.63) is 79.9 Å². The molecule has 0 heterocycles. The maximum atomic E-state index is 11.4. The number of halogens is 6. The molecule has 2 aromatic carbocycles. The molecule has 0 aliphatic rings. The summed E-state index contributed by atoms with van der Waals surface area (Å²) < 4.78 is 110. The number of nitro benzene ring substituents is 2. The van der Waals surface area contributed by atoms with Gasteiger partial charge in [0.15, 0.2) is 0 Å². The minimum atomic E-state index is -6.85. The largest absolute Gasteiger partial charge is 0.524 e. The summed E-state index contributed by atoms with van der Waals surface area (Å²) in [5.41, 5.74) is -10.2. The molecule has 0 aliphatic heterocycles. The molecule has 0 spiro atoms. The van der Waals surface area contributed by atoms with E-state index in [9.17, 15) is 63.4 Å². The molecule has 39 heavy (non-hydrogen) atoms. The maximum Gasteiger partial charge on any atom is 0.524 e. The summed E-state index contributed by atoms with van der Waals surface area (Å²) in [5, 5.41) is 29.1. The van der Waals surface area contributed by atoms with Crippen molar-refractivity contribution in [1.82, 2.24) is 0 Å². The predicted molar refractivity (Wildman–Crippen MR) is 122 cm³/mol. The molecule has 0 radical (unpaired) electrons. The highest BCUT2D eigenvalue weighted by Gasteiger charge is 2.57. The quantitative estimate of drug-likeness (QED) is 0.194. The van der Waals surface area contributed by atoms with Gasteiger partial charge in [0.25, 0.3) is 11.4 Å². The Kier molecular flexibility index (Phi) is 13.4. The topological polar surface area (TPSA) is 184 Å². The molecule has 0 aromatic heterocycles. The average Bonchev–Trinajstić information content (AvgIpc) is 2.79. The van der Waals surface area contributed by atoms with Crippen molar-refractivity contribution < 1.29 is 61.8 Å². The van der Waals surface area contributed by atoms with Crippen LogP contribution in [0.2, 0.25) is 0 Å². The molecule has 0 atom stereocenters. The second kappa shape index (κ2) is 14.7. The summed E-state index contributed by atoms with van der Waals surface area (Å²) in [6, 6.07) is 12.9. The average molecular weight is 614 g/mol. The molecule has 220 valence electrons. The first-order valence-corrected chi connectivity index (χ1v) is 12.9. The Labute approximate surface area is 217 Å². The van der Waals surface area contributed by atoms with Gasteiger partial charge >= 0.3 is 31.3 Å². The number of alkyl halides is 6. The number of hydrogen-bond acceptors (Lipinski definition) is 10. The van der Waals surface area contributed by atoms with Crippen LogP contribution >= 0.6 is 0 Å². The first-order chi connectivity index (χ1) is 17.7. The van der Waals surface area contributed by atoms with Gasteiger partial charge in [-0.25, -0.2) is 0 Å². The first kappa shape index (κ1) is 35.6. The Bertz CT molecular complexity index is 1190. The van der Waals surface area contributed by atoms with E-state index in [2.05, 4.69) is 6.92 Å². The number of rotatable bonds is 8. The Hall–Kier alpha value is -3.36. The van der Waals surface area contributed by atoms with Gasteiger partial charge < -0.3 is 5.11 Å². The number of hydrogen-bond donors (Lipinski definition) is 1. The number of aryl methyl sites for hydroxylation is 1. The van der Waals surface area contributed by atoms with Crippen LogP contribution in [0.25, 0.3) is 0 Å². The molecule has 20 heteroatoms. The van der Waals surface area contributed by atoms with E-state index in [0.29, 0.717) is 6.42 Å². The van der Waals surface area contributed by atoms with E-state index in [1.165, 1.54) is 12.1 Å². The third-order valence-corrected chi connectivity index (χ3v) is 6.55. The lowest BCUT2D eigenvalue weighted by Gasteiger charge is -2.09. The third kappa shape index (κ3) is 12.4. The molecule has 0 aliphatic carbocycles. The molecule has 2 aromatic rings. The smallest absolute Gasteiger partial charge is 0.396 e. The summed E-state index contributed by atoms with van der Waals surface area (Å²) in [6.07, 6.45) is 2.59. The van der Waals surface area contributed by atoms with Crippen molar-refractivity contribution in [3.8, 4) is 0 Å². The van der Waals surface area contributed by atoms with Crippen molar-refractivity contribution in [1.29, 1.82) is 0 Å². The minimum absolute atomic E-state index is 0.0673. The monoisotopic (exact) mass is 614 g/mol. The summed E-state index contributed by atoms with van der Waals surface area (Å²) in [4.78, 5) is 19.7. The normalized spacial score (nSPS) is 11.9. The lowest BCUT2D eigenvalue weighted by molar-refractivity contribution is -0.385. The van der Waals surface area contributed by atoms with Gasteiger partial charge in [-0.2, -0.15) is 43.2 Å². The molecule has 0 saturated heterocycles. The van der Waals surface area contributed by atoms with Crippen molar-refractivity contribution in [2.45, 2.75) is 37.2 Å². The van der Waals surface area contributed by atoms with E-state index in [1.807, 2.05) is 15.8 Å². The highest BCUT2D eigenvalue weighted by Crippen LogP contribution is 2.32. The highest BCUT2D eigenvalue weighted by molar-refractivity contribution is 8.00. The van der Waals surface area contributed by atoms with Crippen LogP contribution in [0.3, 0.4) is 0 Å². The molecular weight excluding hydrogens is 594 g/mol. The molecule has 0 unspecified atom stereocenters. The second-order valence-electron chi connectivity index (χ2n) is 6.94. The van der Waals surface area contributed by atoms with Gasteiger partial charge in [-0.3, -0.25) is 20.2 Å². The van der Waals surface area contributed by atoms with Crippen LogP contribution in [0.15, 0.2) is 48.5 Å². The predicted octanol–water partition coefficient (Wildman–Crippen LogP) is 4.38. The molecule has 0 bridgehead atoms. The second-order valence-corrected chi connectivity index (χ2v) is 10.2. The maximum absolute atomic E-state index is 11.4. The van der Waals surface area contributed by atoms with Crippen molar-refractivity contribution >= 4 is 31.6 Å². The Morgan fingerprint density at radius 2 is 1.03 bits per heavy atom. The van der Waals surface area contributed by atoms with Gasteiger partial charge in [0.2, 0.25) is 0 Å². The zero-order chi connectivity index (χ0) is 30.7. The first-order valence-electron chi connectivity index (χ1n) is 10.1. The molecule has 2 rings (SSSR count). The van der Waals surface area contributed by atoms with Gasteiger partial charge in [0.1, 0.15) is 0 Å². The van der Waals surface area contributed by atoms with E-state index in [4.69, 9.17) is 5.11 Å². The molecule has 12 nitrogen and oxygen atoms in total. The number of nitro groups is 2. The zero-order valence-electron chi connectivity index (χ0n) is 19.5. The Balaban J connectivity index is 0.000000559. The highest BCUT2D eigenvalue weighted by atomic mass is 32.3. The van der Waals surface area contributed by atoms with E-state index in [0.717, 1.165) is 24.0 Å².